The fourth-order valence-corrected chi connectivity index (χ4v) is 1.41. The molecular formula is C14H18N2O6. The smallest absolute Gasteiger partial charge is 0.469 e. The SMILES string of the molecule is CCOC(=O)Oc1ccc(NC(=O)NCCC(=O)OC)cc1. The number of amides is 2. The standard InChI is InChI=1S/C14H18N2O6/c1-3-21-14(19)22-11-6-4-10(5-7-11)16-13(18)15-9-8-12(17)20-2/h4-7H,3,8-9H2,1-2H3,(H2,15,16,18). The van der Waals surface area contributed by atoms with E-state index in [1.165, 1.54) is 19.2 Å². The van der Waals surface area contributed by atoms with Crippen molar-refractivity contribution in [2.24, 2.45) is 0 Å². The van der Waals surface area contributed by atoms with E-state index in [0.29, 0.717) is 11.4 Å². The van der Waals surface area contributed by atoms with E-state index in [0.717, 1.165) is 0 Å². The number of carbonyl (C=O) groups excluding carboxylic acids is 3. The summed E-state index contributed by atoms with van der Waals surface area (Å²) in [5, 5.41) is 5.07. The molecule has 1 aromatic rings. The fraction of sp³-hybridized carbons (Fsp3) is 0.357. The highest BCUT2D eigenvalue weighted by Crippen LogP contribution is 2.16. The van der Waals surface area contributed by atoms with Crippen LogP contribution in [0, 0.1) is 0 Å². The molecule has 0 fully saturated rings. The zero-order valence-corrected chi connectivity index (χ0v) is 12.4. The van der Waals surface area contributed by atoms with Crippen molar-refractivity contribution in [3.63, 3.8) is 0 Å². The Morgan fingerprint density at radius 1 is 1.14 bits per heavy atom. The molecule has 0 unspecified atom stereocenters. The number of nitrogens with one attached hydrogen (secondary N) is 2. The summed E-state index contributed by atoms with van der Waals surface area (Å²) in [6.45, 7) is 2.07. The van der Waals surface area contributed by atoms with Crippen molar-refractivity contribution in [2.45, 2.75) is 13.3 Å². The molecule has 0 spiro atoms. The maximum atomic E-state index is 11.6. The number of esters is 1. The van der Waals surface area contributed by atoms with Crippen molar-refractivity contribution in [3.05, 3.63) is 24.3 Å². The van der Waals surface area contributed by atoms with Crippen molar-refractivity contribution < 1.29 is 28.6 Å². The van der Waals surface area contributed by atoms with E-state index in [1.807, 2.05) is 0 Å². The van der Waals surface area contributed by atoms with Gasteiger partial charge < -0.3 is 24.8 Å². The van der Waals surface area contributed by atoms with E-state index in [4.69, 9.17) is 4.74 Å². The van der Waals surface area contributed by atoms with Crippen molar-refractivity contribution in [3.8, 4) is 5.75 Å². The predicted octanol–water partition coefficient (Wildman–Crippen LogP) is 1.91. The molecule has 1 aromatic carbocycles. The molecule has 0 saturated heterocycles. The van der Waals surface area contributed by atoms with Crippen LogP contribution in [0.5, 0.6) is 5.75 Å². The van der Waals surface area contributed by atoms with Crippen molar-refractivity contribution in [1.29, 1.82) is 0 Å². The van der Waals surface area contributed by atoms with E-state index in [-0.39, 0.29) is 19.6 Å². The summed E-state index contributed by atoms with van der Waals surface area (Å²) in [6.07, 6.45) is -0.695. The molecule has 0 heterocycles. The largest absolute Gasteiger partial charge is 0.513 e. The van der Waals surface area contributed by atoms with Gasteiger partial charge in [0.05, 0.1) is 20.1 Å². The highest BCUT2D eigenvalue weighted by molar-refractivity contribution is 5.89. The molecule has 0 radical (unpaired) electrons. The van der Waals surface area contributed by atoms with Crippen LogP contribution in [0.2, 0.25) is 0 Å². The number of benzene rings is 1. The van der Waals surface area contributed by atoms with Gasteiger partial charge in [-0.1, -0.05) is 0 Å². The van der Waals surface area contributed by atoms with Crippen LogP contribution < -0.4 is 15.4 Å². The van der Waals surface area contributed by atoms with E-state index < -0.39 is 18.2 Å². The Bertz CT molecular complexity index is 515. The lowest BCUT2D eigenvalue weighted by Gasteiger charge is -2.08. The Hall–Kier alpha value is -2.77. The summed E-state index contributed by atoms with van der Waals surface area (Å²) >= 11 is 0. The lowest BCUT2D eigenvalue weighted by Crippen LogP contribution is -2.30. The van der Waals surface area contributed by atoms with Gasteiger partial charge in [-0.2, -0.15) is 0 Å². The molecule has 2 amide bonds. The summed E-state index contributed by atoms with van der Waals surface area (Å²) in [5.74, 6) is -0.101. The lowest BCUT2D eigenvalue weighted by atomic mass is 10.3. The second-order valence-corrected chi connectivity index (χ2v) is 4.02. The molecule has 8 nitrogen and oxygen atoms in total. The van der Waals surface area contributed by atoms with Gasteiger partial charge in [0.1, 0.15) is 5.75 Å². The van der Waals surface area contributed by atoms with Crippen LogP contribution in [-0.2, 0) is 14.3 Å². The molecule has 2 N–H and O–H groups in total. The number of rotatable bonds is 6. The molecule has 0 aliphatic carbocycles. The Morgan fingerprint density at radius 2 is 1.82 bits per heavy atom. The molecule has 1 rings (SSSR count). The molecular weight excluding hydrogens is 292 g/mol. The van der Waals surface area contributed by atoms with Crippen LogP contribution in [0.3, 0.4) is 0 Å². The number of hydrogen-bond donors (Lipinski definition) is 2. The van der Waals surface area contributed by atoms with E-state index >= 15 is 0 Å². The van der Waals surface area contributed by atoms with Crippen molar-refractivity contribution in [2.75, 3.05) is 25.6 Å². The first-order valence-corrected chi connectivity index (χ1v) is 6.61. The fourth-order valence-electron chi connectivity index (χ4n) is 1.41. The Balaban J connectivity index is 2.38. The van der Waals surface area contributed by atoms with Crippen molar-refractivity contribution >= 4 is 23.8 Å². The zero-order chi connectivity index (χ0) is 16.4. The molecule has 0 saturated carbocycles. The first kappa shape index (κ1) is 17.3. The Labute approximate surface area is 127 Å². The van der Waals surface area contributed by atoms with Gasteiger partial charge >= 0.3 is 18.2 Å². The molecule has 0 aromatic heterocycles. The third-order valence-corrected chi connectivity index (χ3v) is 2.42. The number of methoxy groups -OCH3 is 1. The number of anilines is 1. The van der Waals surface area contributed by atoms with Crippen molar-refractivity contribution in [1.82, 2.24) is 5.32 Å². The number of carbonyl (C=O) groups is 3. The molecule has 0 bridgehead atoms. The van der Waals surface area contributed by atoms with Crippen LogP contribution in [0.4, 0.5) is 15.3 Å². The summed E-state index contributed by atoms with van der Waals surface area (Å²) in [5.41, 5.74) is 0.506. The molecule has 22 heavy (non-hydrogen) atoms. The average molecular weight is 310 g/mol. The minimum absolute atomic E-state index is 0.0935. The second kappa shape index (κ2) is 9.22. The predicted molar refractivity (Wildman–Crippen MR) is 77.7 cm³/mol. The van der Waals surface area contributed by atoms with Gasteiger partial charge in [0.2, 0.25) is 0 Å². The summed E-state index contributed by atoms with van der Waals surface area (Å²) in [7, 11) is 1.28. The molecule has 0 aliphatic heterocycles. The highest BCUT2D eigenvalue weighted by atomic mass is 16.7. The Morgan fingerprint density at radius 3 is 2.41 bits per heavy atom. The first-order chi connectivity index (χ1) is 10.5. The zero-order valence-electron chi connectivity index (χ0n) is 12.4. The minimum Gasteiger partial charge on any atom is -0.469 e. The monoisotopic (exact) mass is 310 g/mol. The van der Waals surface area contributed by atoms with Gasteiger partial charge in [-0.05, 0) is 31.2 Å². The second-order valence-electron chi connectivity index (χ2n) is 4.02. The molecule has 0 aliphatic rings. The van der Waals surface area contributed by atoms with E-state index in [1.54, 1.807) is 19.1 Å². The van der Waals surface area contributed by atoms with E-state index in [9.17, 15) is 14.4 Å². The van der Waals surface area contributed by atoms with Gasteiger partial charge in [0, 0.05) is 12.2 Å². The summed E-state index contributed by atoms with van der Waals surface area (Å²) < 4.78 is 14.0. The van der Waals surface area contributed by atoms with Gasteiger partial charge in [0.25, 0.3) is 0 Å². The normalized spacial score (nSPS) is 9.55. The minimum atomic E-state index is -0.788. The number of ether oxygens (including phenoxy) is 3. The van der Waals surface area contributed by atoms with Crippen LogP contribution in [0.25, 0.3) is 0 Å². The maximum Gasteiger partial charge on any atom is 0.513 e. The first-order valence-electron chi connectivity index (χ1n) is 6.61. The molecule has 0 atom stereocenters. The van der Waals surface area contributed by atoms with Crippen LogP contribution in [-0.4, -0.2) is 38.4 Å². The summed E-state index contributed by atoms with van der Waals surface area (Å²) in [4.78, 5) is 33.5. The number of urea groups is 1. The molecule has 120 valence electrons. The average Bonchev–Trinajstić information content (AvgIpc) is 2.49. The third-order valence-electron chi connectivity index (χ3n) is 2.42. The van der Waals surface area contributed by atoms with Crippen LogP contribution in [0.1, 0.15) is 13.3 Å². The van der Waals surface area contributed by atoms with E-state index in [2.05, 4.69) is 20.1 Å². The quantitative estimate of drug-likeness (QED) is 0.614. The Kier molecular flexibility index (Phi) is 7.24. The van der Waals surface area contributed by atoms with Gasteiger partial charge in [-0.15, -0.1) is 0 Å². The van der Waals surface area contributed by atoms with Crippen LogP contribution >= 0.6 is 0 Å². The van der Waals surface area contributed by atoms with Gasteiger partial charge in [-0.3, -0.25) is 4.79 Å². The summed E-state index contributed by atoms with van der Waals surface area (Å²) in [6, 6.07) is 5.70. The van der Waals surface area contributed by atoms with Gasteiger partial charge in [0.15, 0.2) is 0 Å². The maximum absolute atomic E-state index is 11.6. The number of hydrogen-bond acceptors (Lipinski definition) is 6. The topological polar surface area (TPSA) is 103 Å². The highest BCUT2D eigenvalue weighted by Gasteiger charge is 2.06. The van der Waals surface area contributed by atoms with Crippen LogP contribution in [0.15, 0.2) is 24.3 Å². The molecule has 8 heteroatoms. The lowest BCUT2D eigenvalue weighted by molar-refractivity contribution is -0.140. The third kappa shape index (κ3) is 6.60. The van der Waals surface area contributed by atoms with Gasteiger partial charge in [-0.25, -0.2) is 9.59 Å².